The maximum Gasteiger partial charge on any atom is -0.00232 e. The summed E-state index contributed by atoms with van der Waals surface area (Å²) in [6.07, 6.45) is 71.9. The summed E-state index contributed by atoms with van der Waals surface area (Å²) >= 11 is 0. The third kappa shape index (κ3) is 44.4. The van der Waals surface area contributed by atoms with E-state index in [2.05, 4.69) is 93.3 Å². The molecule has 0 amide bonds. The molecule has 0 aliphatic carbocycles. The number of hydrogen-bond donors (Lipinski definition) is 3. The second-order valence-corrected chi connectivity index (χ2v) is 18.1. The van der Waals surface area contributed by atoms with Gasteiger partial charge in [0.25, 0.3) is 0 Å². The van der Waals surface area contributed by atoms with Gasteiger partial charge in [0, 0.05) is 0 Å². The van der Waals surface area contributed by atoms with Crippen LogP contribution in [0.3, 0.4) is 0 Å². The third-order valence-corrected chi connectivity index (χ3v) is 12.4. The lowest BCUT2D eigenvalue weighted by Gasteiger charge is -2.18. The van der Waals surface area contributed by atoms with Gasteiger partial charge in [0.2, 0.25) is 0 Å². The Morgan fingerprint density at radius 2 is 0.864 bits per heavy atom. The summed E-state index contributed by atoms with van der Waals surface area (Å²) in [4.78, 5) is 0. The van der Waals surface area contributed by atoms with Crippen LogP contribution in [0.2, 0.25) is 0 Å². The maximum absolute atomic E-state index is 5.79. The SMILES string of the molecule is CCCCC/C=C\C/C=C\C(CCCCC/C=C\C/C=C\C(CCCCCCCN)/C(=C/CCCCCCCC)CCCCCCCCNC)CCCCCCCNC. The molecule has 0 aromatic carbocycles. The van der Waals surface area contributed by atoms with Crippen LogP contribution in [0.15, 0.2) is 60.3 Å². The molecule has 0 radical (unpaired) electrons. The van der Waals surface area contributed by atoms with Crippen molar-refractivity contribution in [2.75, 3.05) is 33.7 Å². The van der Waals surface area contributed by atoms with Crippen LogP contribution in [0.1, 0.15) is 251 Å². The molecule has 0 aromatic rings. The molecule has 0 fully saturated rings. The topological polar surface area (TPSA) is 50.1 Å². The molecule has 0 bridgehead atoms. The van der Waals surface area contributed by atoms with E-state index < -0.39 is 0 Å². The number of unbranched alkanes of at least 4 members (excludes halogenated alkanes) is 25. The van der Waals surface area contributed by atoms with Crippen molar-refractivity contribution in [3.8, 4) is 0 Å². The van der Waals surface area contributed by atoms with Crippen LogP contribution in [0, 0.1) is 11.8 Å². The summed E-state index contributed by atoms with van der Waals surface area (Å²) in [5.74, 6) is 1.38. The Morgan fingerprint density at radius 3 is 1.46 bits per heavy atom. The molecule has 346 valence electrons. The number of allylic oxidation sites excluding steroid dienone is 10. The fraction of sp³-hybridized carbons (Fsp3) is 0.821. The van der Waals surface area contributed by atoms with E-state index in [0.717, 1.165) is 38.4 Å². The van der Waals surface area contributed by atoms with Gasteiger partial charge < -0.3 is 16.4 Å². The zero-order chi connectivity index (χ0) is 42.8. The first-order valence-corrected chi connectivity index (χ1v) is 26.5. The van der Waals surface area contributed by atoms with E-state index in [-0.39, 0.29) is 0 Å². The Hall–Kier alpha value is -1.42. The van der Waals surface area contributed by atoms with E-state index in [4.69, 9.17) is 5.73 Å². The lowest BCUT2D eigenvalue weighted by atomic mass is 9.87. The van der Waals surface area contributed by atoms with Crippen LogP contribution >= 0.6 is 0 Å². The minimum Gasteiger partial charge on any atom is -0.330 e. The molecule has 59 heavy (non-hydrogen) atoms. The molecule has 3 nitrogen and oxygen atoms in total. The first-order valence-electron chi connectivity index (χ1n) is 26.5. The van der Waals surface area contributed by atoms with Crippen molar-refractivity contribution in [2.45, 2.75) is 251 Å². The number of rotatable bonds is 48. The molecule has 0 saturated carbocycles. The smallest absolute Gasteiger partial charge is 0.00232 e. The van der Waals surface area contributed by atoms with E-state index in [1.807, 2.05) is 0 Å². The summed E-state index contributed by atoms with van der Waals surface area (Å²) in [5.41, 5.74) is 7.55. The average molecular weight is 822 g/mol. The molecule has 3 heteroatoms. The largest absolute Gasteiger partial charge is 0.330 e. The zero-order valence-corrected chi connectivity index (χ0v) is 40.7. The number of hydrogen-bond acceptors (Lipinski definition) is 3. The highest BCUT2D eigenvalue weighted by Crippen LogP contribution is 2.28. The van der Waals surface area contributed by atoms with Crippen LogP contribution in [-0.2, 0) is 0 Å². The minimum absolute atomic E-state index is 0.621. The maximum atomic E-state index is 5.79. The van der Waals surface area contributed by atoms with E-state index in [1.165, 1.54) is 225 Å². The first kappa shape index (κ1) is 57.6. The summed E-state index contributed by atoms with van der Waals surface area (Å²) in [5, 5.41) is 6.60. The Balaban J connectivity index is 5.08. The van der Waals surface area contributed by atoms with E-state index in [9.17, 15) is 0 Å². The van der Waals surface area contributed by atoms with Gasteiger partial charge in [0.15, 0.2) is 0 Å². The fourth-order valence-electron chi connectivity index (χ4n) is 8.47. The van der Waals surface area contributed by atoms with Crippen molar-refractivity contribution in [1.29, 1.82) is 0 Å². The summed E-state index contributed by atoms with van der Waals surface area (Å²) in [6.45, 7) is 7.78. The second kappa shape index (κ2) is 50.9. The fourth-order valence-corrected chi connectivity index (χ4v) is 8.47. The Morgan fingerprint density at radius 1 is 0.424 bits per heavy atom. The molecule has 2 unspecified atom stereocenters. The third-order valence-electron chi connectivity index (χ3n) is 12.4. The summed E-state index contributed by atoms with van der Waals surface area (Å²) in [6, 6.07) is 0. The van der Waals surface area contributed by atoms with E-state index in [0.29, 0.717) is 5.92 Å². The normalized spacial score (nSPS) is 13.7. The first-order chi connectivity index (χ1) is 29.2. The van der Waals surface area contributed by atoms with Gasteiger partial charge in [-0.3, -0.25) is 0 Å². The monoisotopic (exact) mass is 822 g/mol. The Bertz CT molecular complexity index is 945. The Labute approximate surface area is 372 Å². The molecule has 0 rings (SSSR count). The highest BCUT2D eigenvalue weighted by molar-refractivity contribution is 5.14. The van der Waals surface area contributed by atoms with Crippen LogP contribution in [-0.4, -0.2) is 33.7 Å². The van der Waals surface area contributed by atoms with Gasteiger partial charge in [0.05, 0.1) is 0 Å². The predicted molar refractivity (Wildman–Crippen MR) is 271 cm³/mol. The van der Waals surface area contributed by atoms with Gasteiger partial charge in [-0.05, 0) is 148 Å². The van der Waals surface area contributed by atoms with Crippen LogP contribution < -0.4 is 16.4 Å². The highest BCUT2D eigenvalue weighted by Gasteiger charge is 2.12. The van der Waals surface area contributed by atoms with Crippen molar-refractivity contribution in [3.63, 3.8) is 0 Å². The lowest BCUT2D eigenvalue weighted by Crippen LogP contribution is -2.06. The van der Waals surface area contributed by atoms with Gasteiger partial charge in [0.1, 0.15) is 0 Å². The van der Waals surface area contributed by atoms with Crippen molar-refractivity contribution in [1.82, 2.24) is 10.6 Å². The lowest BCUT2D eigenvalue weighted by molar-refractivity contribution is 0.469. The second-order valence-electron chi connectivity index (χ2n) is 18.1. The van der Waals surface area contributed by atoms with Crippen LogP contribution in [0.25, 0.3) is 0 Å². The Kier molecular flexibility index (Phi) is 49.7. The van der Waals surface area contributed by atoms with Crippen molar-refractivity contribution >= 4 is 0 Å². The summed E-state index contributed by atoms with van der Waals surface area (Å²) < 4.78 is 0. The van der Waals surface area contributed by atoms with Gasteiger partial charge >= 0.3 is 0 Å². The molecular formula is C56H107N3. The highest BCUT2D eigenvalue weighted by atomic mass is 14.8. The molecule has 0 heterocycles. The van der Waals surface area contributed by atoms with Gasteiger partial charge in [-0.1, -0.05) is 209 Å². The number of nitrogens with one attached hydrogen (secondary N) is 2. The molecule has 0 aliphatic heterocycles. The van der Waals surface area contributed by atoms with Crippen LogP contribution in [0.4, 0.5) is 0 Å². The standard InChI is InChI=1S/C56H107N3/c1-5-7-9-11-13-17-24-34-44-54(46-36-26-23-33-43-53-59-4)45-35-25-18-14-15-19-28-38-48-56(50-40-30-22-31-41-51-57)55(47-37-27-16-12-10-8-6-2)49-39-29-20-21-32-42-52-58-3/h13,15,17,19,34,38,44,47-48,54,56,58-59H,5-12,14,16,18,20-33,35-37,39-43,45-46,49-53,57H2,1-4H3/b17-13-,19-15-,44-34-,48-38-,55-47+. The van der Waals surface area contributed by atoms with Crippen molar-refractivity contribution in [2.24, 2.45) is 17.6 Å². The quantitative estimate of drug-likeness (QED) is 0.0423. The van der Waals surface area contributed by atoms with Crippen LogP contribution in [0.5, 0.6) is 0 Å². The molecule has 4 N–H and O–H groups in total. The van der Waals surface area contributed by atoms with Crippen molar-refractivity contribution in [3.05, 3.63) is 60.3 Å². The van der Waals surface area contributed by atoms with Crippen molar-refractivity contribution < 1.29 is 0 Å². The van der Waals surface area contributed by atoms with Gasteiger partial charge in [-0.15, -0.1) is 0 Å². The molecule has 2 atom stereocenters. The number of nitrogens with two attached hydrogens (primary N) is 1. The van der Waals surface area contributed by atoms with Gasteiger partial charge in [-0.25, -0.2) is 0 Å². The van der Waals surface area contributed by atoms with E-state index in [1.54, 1.807) is 5.57 Å². The predicted octanol–water partition coefficient (Wildman–Crippen LogP) is 17.2. The zero-order valence-electron chi connectivity index (χ0n) is 40.7. The average Bonchev–Trinajstić information content (AvgIpc) is 3.24. The van der Waals surface area contributed by atoms with E-state index >= 15 is 0 Å². The minimum atomic E-state index is 0.621. The molecule has 0 spiro atoms. The molecule has 0 aromatic heterocycles. The van der Waals surface area contributed by atoms with Gasteiger partial charge in [-0.2, -0.15) is 0 Å². The molecule has 0 saturated heterocycles. The molecule has 0 aliphatic rings. The molecular weight excluding hydrogens is 715 g/mol. The summed E-state index contributed by atoms with van der Waals surface area (Å²) in [7, 11) is 4.14.